The van der Waals surface area contributed by atoms with E-state index in [-0.39, 0.29) is 11.3 Å². The van der Waals surface area contributed by atoms with Crippen molar-refractivity contribution < 1.29 is 9.53 Å². The maximum Gasteiger partial charge on any atom is 0.265 e. The molecular weight excluding hydrogens is 228 g/mol. The summed E-state index contributed by atoms with van der Waals surface area (Å²) in [4.78, 5) is 11.5. The third kappa shape index (κ3) is 2.64. The van der Waals surface area contributed by atoms with E-state index in [1.807, 2.05) is 18.2 Å². The van der Waals surface area contributed by atoms with Crippen LogP contribution in [0.4, 0.5) is 5.69 Å². The second kappa shape index (κ2) is 4.61. The summed E-state index contributed by atoms with van der Waals surface area (Å²) in [6.45, 7) is 6.66. The van der Waals surface area contributed by atoms with E-state index in [0.29, 0.717) is 6.54 Å². The number of hydrogen-bond donors (Lipinski definition) is 2. The van der Waals surface area contributed by atoms with Gasteiger partial charge in [-0.1, -0.05) is 19.9 Å². The maximum absolute atomic E-state index is 11.5. The summed E-state index contributed by atoms with van der Waals surface area (Å²) in [7, 11) is 0. The van der Waals surface area contributed by atoms with Crippen molar-refractivity contribution in [3.63, 3.8) is 0 Å². The van der Waals surface area contributed by atoms with Crippen molar-refractivity contribution in [1.82, 2.24) is 0 Å². The molecular formula is C14H20N2O2. The van der Waals surface area contributed by atoms with Crippen molar-refractivity contribution in [2.24, 2.45) is 11.1 Å². The van der Waals surface area contributed by atoms with Crippen LogP contribution < -0.4 is 15.8 Å². The molecule has 1 heterocycles. The number of nitrogens with two attached hydrogens (primary N) is 1. The molecule has 3 N–H and O–H groups in total. The zero-order valence-corrected chi connectivity index (χ0v) is 11.1. The molecule has 0 aromatic heterocycles. The Balaban J connectivity index is 2.23. The van der Waals surface area contributed by atoms with Gasteiger partial charge in [0.15, 0.2) is 6.10 Å². The molecule has 0 spiro atoms. The minimum Gasteiger partial charge on any atom is -0.479 e. The number of rotatable bonds is 3. The van der Waals surface area contributed by atoms with Crippen LogP contribution in [0.15, 0.2) is 18.2 Å². The first kappa shape index (κ1) is 12.9. The van der Waals surface area contributed by atoms with Crippen LogP contribution in [0.3, 0.4) is 0 Å². The third-order valence-corrected chi connectivity index (χ3v) is 3.21. The van der Waals surface area contributed by atoms with Crippen LogP contribution in [0, 0.1) is 5.41 Å². The molecule has 0 saturated carbocycles. The Morgan fingerprint density at radius 3 is 2.83 bits per heavy atom. The summed E-state index contributed by atoms with van der Waals surface area (Å²) in [6.07, 6.45) is 0.456. The van der Waals surface area contributed by atoms with Crippen LogP contribution in [0.25, 0.3) is 0 Å². The Morgan fingerprint density at radius 2 is 2.17 bits per heavy atom. The molecule has 1 atom stereocenters. The number of nitrogens with one attached hydrogen (secondary N) is 1. The van der Waals surface area contributed by atoms with E-state index in [4.69, 9.17) is 10.5 Å². The fourth-order valence-electron chi connectivity index (χ4n) is 1.98. The van der Waals surface area contributed by atoms with Gasteiger partial charge < -0.3 is 15.8 Å². The number of hydrogen-bond acceptors (Lipinski definition) is 3. The number of anilines is 1. The second-order valence-electron chi connectivity index (χ2n) is 5.62. The standard InChI is InChI=1S/C14H20N2O2/c1-9-13(17)16-11-5-4-10(6-12(11)18-9)7-14(2,3)8-15/h4-6,9H,7-8,15H2,1-3H3,(H,16,17). The molecule has 0 radical (unpaired) electrons. The Labute approximate surface area is 108 Å². The van der Waals surface area contributed by atoms with Gasteiger partial charge in [0, 0.05) is 0 Å². The molecule has 18 heavy (non-hydrogen) atoms. The molecule has 0 fully saturated rings. The summed E-state index contributed by atoms with van der Waals surface area (Å²) >= 11 is 0. The van der Waals surface area contributed by atoms with E-state index in [9.17, 15) is 4.79 Å². The van der Waals surface area contributed by atoms with E-state index in [1.54, 1.807) is 6.92 Å². The molecule has 0 bridgehead atoms. The lowest BCUT2D eigenvalue weighted by Gasteiger charge is -2.26. The van der Waals surface area contributed by atoms with Crippen molar-refractivity contribution in [3.05, 3.63) is 23.8 Å². The number of fused-ring (bicyclic) bond motifs is 1. The third-order valence-electron chi connectivity index (χ3n) is 3.21. The van der Waals surface area contributed by atoms with Gasteiger partial charge in [0.1, 0.15) is 5.75 Å². The van der Waals surface area contributed by atoms with Crippen molar-refractivity contribution in [1.29, 1.82) is 0 Å². The van der Waals surface area contributed by atoms with Gasteiger partial charge in [-0.3, -0.25) is 4.79 Å². The van der Waals surface area contributed by atoms with Crippen LogP contribution >= 0.6 is 0 Å². The predicted molar refractivity (Wildman–Crippen MR) is 71.7 cm³/mol. The average molecular weight is 248 g/mol. The first-order chi connectivity index (χ1) is 8.41. The molecule has 1 amide bonds. The lowest BCUT2D eigenvalue weighted by atomic mass is 9.86. The van der Waals surface area contributed by atoms with Crippen LogP contribution in [0.2, 0.25) is 0 Å². The van der Waals surface area contributed by atoms with Crippen molar-refractivity contribution in [2.45, 2.75) is 33.3 Å². The molecule has 1 aliphatic heterocycles. The minimum atomic E-state index is -0.435. The van der Waals surface area contributed by atoms with Gasteiger partial charge in [0.25, 0.3) is 5.91 Å². The van der Waals surface area contributed by atoms with E-state index >= 15 is 0 Å². The Bertz CT molecular complexity index is 469. The Kier molecular flexibility index (Phi) is 3.30. The molecule has 0 aliphatic carbocycles. The summed E-state index contributed by atoms with van der Waals surface area (Å²) in [5.74, 6) is 0.643. The summed E-state index contributed by atoms with van der Waals surface area (Å²) in [6, 6.07) is 5.89. The van der Waals surface area contributed by atoms with Gasteiger partial charge in [-0.2, -0.15) is 0 Å². The van der Waals surface area contributed by atoms with Gasteiger partial charge in [0.2, 0.25) is 0 Å². The van der Waals surface area contributed by atoms with E-state index in [0.717, 1.165) is 17.9 Å². The highest BCUT2D eigenvalue weighted by Gasteiger charge is 2.24. The zero-order valence-electron chi connectivity index (χ0n) is 11.1. The Hall–Kier alpha value is -1.55. The first-order valence-corrected chi connectivity index (χ1v) is 6.22. The minimum absolute atomic E-state index is 0.0672. The summed E-state index contributed by atoms with van der Waals surface area (Å²) < 4.78 is 5.59. The van der Waals surface area contributed by atoms with Crippen molar-refractivity contribution in [2.75, 3.05) is 11.9 Å². The van der Waals surface area contributed by atoms with Gasteiger partial charge in [0.05, 0.1) is 5.69 Å². The number of amides is 1. The van der Waals surface area contributed by atoms with Crippen LogP contribution in [-0.4, -0.2) is 18.6 Å². The van der Waals surface area contributed by atoms with Gasteiger partial charge >= 0.3 is 0 Å². The van der Waals surface area contributed by atoms with Gasteiger partial charge in [-0.05, 0) is 43.0 Å². The molecule has 1 aromatic rings. The van der Waals surface area contributed by atoms with Gasteiger partial charge in [-0.25, -0.2) is 0 Å². The number of carbonyl (C=O) groups excluding carboxylic acids is 1. The first-order valence-electron chi connectivity index (χ1n) is 6.22. The smallest absolute Gasteiger partial charge is 0.265 e. The van der Waals surface area contributed by atoms with E-state index < -0.39 is 6.10 Å². The molecule has 2 rings (SSSR count). The SMILES string of the molecule is CC1Oc2cc(CC(C)(C)CN)ccc2NC1=O. The fourth-order valence-corrected chi connectivity index (χ4v) is 1.98. The van der Waals surface area contributed by atoms with Gasteiger partial charge in [-0.15, -0.1) is 0 Å². The van der Waals surface area contributed by atoms with Crippen LogP contribution in [0.1, 0.15) is 26.3 Å². The summed E-state index contributed by atoms with van der Waals surface area (Å²) in [5, 5.41) is 2.83. The predicted octanol–water partition coefficient (Wildman–Crippen LogP) is 1.93. The van der Waals surface area contributed by atoms with Crippen LogP contribution in [-0.2, 0) is 11.2 Å². The highest BCUT2D eigenvalue weighted by molar-refractivity contribution is 5.97. The number of benzene rings is 1. The Morgan fingerprint density at radius 1 is 1.44 bits per heavy atom. The highest BCUT2D eigenvalue weighted by Crippen LogP contribution is 2.32. The highest BCUT2D eigenvalue weighted by atomic mass is 16.5. The number of carbonyl (C=O) groups is 1. The fraction of sp³-hybridized carbons (Fsp3) is 0.500. The van der Waals surface area contributed by atoms with Crippen molar-refractivity contribution in [3.8, 4) is 5.75 Å². The molecule has 4 heteroatoms. The largest absolute Gasteiger partial charge is 0.479 e. The molecule has 0 saturated heterocycles. The molecule has 1 aromatic carbocycles. The zero-order chi connectivity index (χ0) is 13.3. The second-order valence-corrected chi connectivity index (χ2v) is 5.62. The monoisotopic (exact) mass is 248 g/mol. The lowest BCUT2D eigenvalue weighted by Crippen LogP contribution is -2.34. The van der Waals surface area contributed by atoms with Crippen LogP contribution in [0.5, 0.6) is 5.75 Å². The lowest BCUT2D eigenvalue weighted by molar-refractivity contribution is -0.122. The quantitative estimate of drug-likeness (QED) is 0.859. The molecule has 4 nitrogen and oxygen atoms in total. The summed E-state index contributed by atoms with van der Waals surface area (Å²) in [5.41, 5.74) is 7.73. The van der Waals surface area contributed by atoms with Crippen molar-refractivity contribution >= 4 is 11.6 Å². The maximum atomic E-state index is 11.5. The van der Waals surface area contributed by atoms with E-state index in [2.05, 4.69) is 19.2 Å². The average Bonchev–Trinajstić information content (AvgIpc) is 2.31. The normalized spacial score (nSPS) is 18.9. The van der Waals surface area contributed by atoms with E-state index in [1.165, 1.54) is 5.56 Å². The molecule has 1 aliphatic rings. The topological polar surface area (TPSA) is 64.3 Å². The molecule has 1 unspecified atom stereocenters. The number of ether oxygens (including phenoxy) is 1. The molecule has 98 valence electrons.